The van der Waals surface area contributed by atoms with Crippen LogP contribution in [0.15, 0.2) is 157 Å². The number of aliphatic imine (C=N–C) groups is 1. The number of carbonyl (C=O) groups is 1. The summed E-state index contributed by atoms with van der Waals surface area (Å²) < 4.78 is 21.1. The Morgan fingerprint density at radius 3 is 1.43 bits per heavy atom. The molecule has 0 N–H and O–H groups in total. The van der Waals surface area contributed by atoms with Crippen LogP contribution >= 0.6 is 0 Å². The summed E-state index contributed by atoms with van der Waals surface area (Å²) in [6.45, 7) is 61.7. The number of hydrogen-bond donors (Lipinski definition) is 0. The molecule has 1 aliphatic carbocycles. The van der Waals surface area contributed by atoms with Crippen molar-refractivity contribution in [2.45, 2.75) is 227 Å². The number of ether oxygens (including phenoxy) is 4. The van der Waals surface area contributed by atoms with Crippen molar-refractivity contribution in [3.63, 3.8) is 0 Å². The Balaban J connectivity index is 0.000000139. The van der Waals surface area contributed by atoms with E-state index >= 15 is 0 Å². The number of amides is 1. The molecule has 1 atom stereocenters. The molecule has 10 aliphatic heterocycles. The topological polar surface area (TPSA) is 195 Å². The van der Waals surface area contributed by atoms with Gasteiger partial charge in [-0.15, -0.1) is 0 Å². The third kappa shape index (κ3) is 27.7. The van der Waals surface area contributed by atoms with E-state index in [2.05, 4.69) is 295 Å². The van der Waals surface area contributed by atoms with E-state index in [4.69, 9.17) is 18.9 Å². The quantitative estimate of drug-likeness (QED) is 0.0786. The molecule has 8 saturated heterocycles. The lowest BCUT2D eigenvalue weighted by Crippen LogP contribution is -2.64. The molecule has 1 aromatic carbocycles. The number of anilines is 2. The van der Waals surface area contributed by atoms with Gasteiger partial charge in [0.1, 0.15) is 18.2 Å². The lowest BCUT2D eigenvalue weighted by Gasteiger charge is -2.51. The number of carbonyl (C=O) groups excluding carboxylic acids is 1. The van der Waals surface area contributed by atoms with Crippen LogP contribution in [-0.4, -0.2) is 269 Å². The number of pyridine rings is 4. The average molecular weight is 1680 g/mol. The standard InChI is InChI=1S/C17H27N3O.C16H22N2O.C15H23N3O.C15H22N2O.C14H20N2O.C10H15N.2C7H10N2/c1-13(2)16-6-5-14(9-18-16)20-8-7-19(12-17(20,3)4)15-10-21-11-15;1-12(2)16-4-3-14(9-17-16)13-5-7-18(8-6-13)15-10-19-11-15;1-12(2)13-3-4-15(16-9-13)18-7-5-17(6-8-18)14-10-19-11-14;1-11(2)12-5-7-13(8-6-12)14-15(18)17(4)10-9-16(14)3;1-10(2)14-4-3-11(5-15-14)12-6-16(7-12)13-8-17-9-13;1-7(2)10-5-9(6-11-10)8-3-4-8;1-6(2)7-5-8-3-4-9-7;1-6(2)7-3-4-8-5-9-7/h5-6,9,13,15H,7-8,10-12H2,1-4H3;3-5,9,12,15H,6-8,10-11H2,1-2H3;3-4,9,12,14H,5-8,10-11H2,1-2H3;5-8,11,14H,9-10H2,1-4H3;3-5,10,12-13H,6-9H2,1-2H3;5,7-8H,3-4,6H2,1-2H3;2*3-6H,1-2H3. The zero-order chi connectivity index (χ0) is 87.9. The summed E-state index contributed by atoms with van der Waals surface area (Å²) in [5.74, 6) is 7.12. The van der Waals surface area contributed by atoms with Crippen molar-refractivity contribution in [2.24, 2.45) is 16.8 Å². The molecule has 6 aromatic heterocycles. The summed E-state index contributed by atoms with van der Waals surface area (Å²) in [7, 11) is 3.90. The summed E-state index contributed by atoms with van der Waals surface area (Å²) in [5, 5.41) is 0. The van der Waals surface area contributed by atoms with E-state index in [0.717, 1.165) is 167 Å². The molecule has 0 spiro atoms. The first-order chi connectivity index (χ1) is 59.1. The molecule has 11 aliphatic rings. The van der Waals surface area contributed by atoms with Crippen molar-refractivity contribution in [3.8, 4) is 0 Å². The molecular weight excluding hydrogens is 1530 g/mol. The Labute approximate surface area is 738 Å². The molecule has 1 amide bonds. The summed E-state index contributed by atoms with van der Waals surface area (Å²) in [5.41, 5.74) is 17.8. The smallest absolute Gasteiger partial charge is 0.244 e. The second-order valence-electron chi connectivity index (χ2n) is 38.3. The van der Waals surface area contributed by atoms with Gasteiger partial charge in [-0.3, -0.25) is 59.2 Å². The summed E-state index contributed by atoms with van der Waals surface area (Å²) in [6.07, 6.45) is 25.3. The monoisotopic (exact) mass is 1680 g/mol. The Morgan fingerprint density at radius 2 is 0.984 bits per heavy atom. The fraction of sp³-hybridized carbons (Fsp3) is 0.604. The molecule has 123 heavy (non-hydrogen) atoms. The Kier molecular flexibility index (Phi) is 36.0. The fourth-order valence-electron chi connectivity index (χ4n) is 16.3. The SMILES string of the molecule is CC(C)C1=NCC(C2CC2)=C1.CC(C)c1ccc(C2=CCN(C3COC3)CC2)cn1.CC(C)c1ccc(C2C(=O)N(C)CCN2C)cc1.CC(C)c1ccc(C2CN(C3COC3)C2)cn1.CC(C)c1ccc(N2CCN(C3COC3)CC2(C)C)cn1.CC(C)c1ccc(N2CCN(C3COC3)CC2)nc1.CC(C)c1ccncn1.CC(C)c1cnccn1. The number of likely N-dealkylation sites (N-methyl/N-ethyl adjacent to an activating group) is 2. The number of benzene rings is 1. The second-order valence-corrected chi connectivity index (χ2v) is 38.3. The lowest BCUT2D eigenvalue weighted by molar-refractivity contribution is -0.139. The van der Waals surface area contributed by atoms with E-state index < -0.39 is 0 Å². The first-order valence-electron chi connectivity index (χ1n) is 46.2. The van der Waals surface area contributed by atoms with Gasteiger partial charge < -0.3 is 33.6 Å². The fourth-order valence-corrected chi connectivity index (χ4v) is 16.3. The molecule has 1 saturated carbocycles. The highest BCUT2D eigenvalue weighted by molar-refractivity contribution is 5.99. The highest BCUT2D eigenvalue weighted by Crippen LogP contribution is 2.39. The van der Waals surface area contributed by atoms with Gasteiger partial charge in [0.05, 0.1) is 101 Å². The number of nitrogens with zero attached hydrogens (tertiary/aromatic N) is 17. The van der Waals surface area contributed by atoms with Crippen molar-refractivity contribution in [1.82, 2.24) is 69.3 Å². The molecule has 22 nitrogen and oxygen atoms in total. The van der Waals surface area contributed by atoms with E-state index in [1.165, 1.54) is 82.2 Å². The molecule has 0 radical (unpaired) electrons. The van der Waals surface area contributed by atoms with E-state index in [0.29, 0.717) is 77.4 Å². The summed E-state index contributed by atoms with van der Waals surface area (Å²) in [4.78, 5) is 70.0. The van der Waals surface area contributed by atoms with Crippen LogP contribution < -0.4 is 9.80 Å². The molecular formula is C101H149N17O5. The van der Waals surface area contributed by atoms with Gasteiger partial charge in [0.25, 0.3) is 0 Å². The van der Waals surface area contributed by atoms with E-state index in [-0.39, 0.29) is 17.5 Å². The maximum absolute atomic E-state index is 12.2. The molecule has 0 bridgehead atoms. The van der Waals surface area contributed by atoms with Crippen LogP contribution in [0.25, 0.3) is 5.57 Å². The molecule has 18 rings (SSSR count). The first-order valence-corrected chi connectivity index (χ1v) is 46.2. The maximum atomic E-state index is 12.2. The third-order valence-electron chi connectivity index (χ3n) is 25.6. The van der Waals surface area contributed by atoms with Crippen LogP contribution in [0.4, 0.5) is 11.5 Å². The van der Waals surface area contributed by atoms with Crippen molar-refractivity contribution < 1.29 is 23.7 Å². The predicted molar refractivity (Wildman–Crippen MR) is 501 cm³/mol. The van der Waals surface area contributed by atoms with Crippen LogP contribution in [0.5, 0.6) is 0 Å². The van der Waals surface area contributed by atoms with Crippen LogP contribution in [0, 0.1) is 11.8 Å². The number of aromatic nitrogens is 8. The van der Waals surface area contributed by atoms with Gasteiger partial charge in [-0.1, -0.05) is 159 Å². The second kappa shape index (κ2) is 46.4. The summed E-state index contributed by atoms with van der Waals surface area (Å²) >= 11 is 0. The largest absolute Gasteiger partial charge is 0.378 e. The number of piperazine rings is 3. The van der Waals surface area contributed by atoms with E-state index in [1.54, 1.807) is 36.7 Å². The zero-order valence-corrected chi connectivity index (χ0v) is 78.3. The highest BCUT2D eigenvalue weighted by Gasteiger charge is 2.40. The van der Waals surface area contributed by atoms with Gasteiger partial charge in [-0.05, 0) is 175 Å². The average Bonchev–Trinajstić information content (AvgIpc) is 1.72. The van der Waals surface area contributed by atoms with Crippen LogP contribution in [0.2, 0.25) is 0 Å². The van der Waals surface area contributed by atoms with Crippen LogP contribution in [0.3, 0.4) is 0 Å². The Bertz CT molecular complexity index is 4310. The minimum atomic E-state index is -0.120. The number of likely N-dealkylation sites (tertiary alicyclic amines) is 1. The minimum Gasteiger partial charge on any atom is -0.378 e. The Morgan fingerprint density at radius 1 is 0.431 bits per heavy atom. The van der Waals surface area contributed by atoms with Crippen molar-refractivity contribution in [2.75, 3.05) is 168 Å². The molecule has 9 fully saturated rings. The first kappa shape index (κ1) is 95.5. The van der Waals surface area contributed by atoms with Gasteiger partial charge in [-0.2, -0.15) is 0 Å². The van der Waals surface area contributed by atoms with Gasteiger partial charge >= 0.3 is 0 Å². The highest BCUT2D eigenvalue weighted by atomic mass is 16.5. The van der Waals surface area contributed by atoms with Gasteiger partial charge in [0.2, 0.25) is 5.91 Å². The van der Waals surface area contributed by atoms with Crippen molar-refractivity contribution >= 4 is 28.7 Å². The zero-order valence-electron chi connectivity index (χ0n) is 78.3. The molecule has 1 unspecified atom stereocenters. The normalized spacial score (nSPS) is 20.6. The van der Waals surface area contributed by atoms with Gasteiger partial charge in [0, 0.05) is 175 Å². The lowest BCUT2D eigenvalue weighted by atomic mass is 9.90. The van der Waals surface area contributed by atoms with Gasteiger partial charge in [-0.25, -0.2) is 15.0 Å². The Hall–Kier alpha value is -8.16. The van der Waals surface area contributed by atoms with E-state index in [9.17, 15) is 4.79 Å². The number of hydrogen-bond acceptors (Lipinski definition) is 21. The van der Waals surface area contributed by atoms with Crippen molar-refractivity contribution in [3.05, 3.63) is 209 Å². The number of allylic oxidation sites excluding steroid dienone is 1. The summed E-state index contributed by atoms with van der Waals surface area (Å²) in [6, 6.07) is 30.5. The number of rotatable bonds is 18. The van der Waals surface area contributed by atoms with Gasteiger partial charge in [0.15, 0.2) is 0 Å². The third-order valence-corrected chi connectivity index (χ3v) is 25.6. The van der Waals surface area contributed by atoms with E-state index in [1.807, 2.05) is 43.7 Å². The molecule has 22 heteroatoms. The molecule has 16 heterocycles. The predicted octanol–water partition coefficient (Wildman–Crippen LogP) is 16.8. The van der Waals surface area contributed by atoms with Crippen LogP contribution in [-0.2, 0) is 23.7 Å². The molecule has 7 aromatic rings. The maximum Gasteiger partial charge on any atom is 0.244 e. The minimum absolute atomic E-state index is 0.120. The van der Waals surface area contributed by atoms with Crippen molar-refractivity contribution in [1.29, 1.82) is 0 Å². The molecule has 668 valence electrons. The van der Waals surface area contributed by atoms with Crippen LogP contribution in [0.1, 0.15) is 254 Å².